The maximum atomic E-state index is 13.1. The van der Waals surface area contributed by atoms with Gasteiger partial charge < -0.3 is 5.32 Å². The Labute approximate surface area is 180 Å². The number of carbonyl (C=O) groups excluding carboxylic acids is 1. The molecule has 30 heavy (non-hydrogen) atoms. The third-order valence-corrected chi connectivity index (χ3v) is 7.43. The second kappa shape index (κ2) is 9.29. The van der Waals surface area contributed by atoms with Gasteiger partial charge in [-0.15, -0.1) is 0 Å². The standard InChI is InChI=1S/C23H31N3O3S/c1-17(2)20-8-10-22(11-9-20)24-23(27)16-26-13-5-12-25(30(26,28)29)15-21-14-18(3)6-7-19(21)4/h6-11,14,17H,5,12-13,15-16H2,1-4H3,(H,24,27). The Bertz CT molecular complexity index is 1000. The molecule has 2 aromatic carbocycles. The third kappa shape index (κ3) is 5.28. The number of hydrogen-bond donors (Lipinski definition) is 1. The van der Waals surface area contributed by atoms with E-state index in [0.29, 0.717) is 37.7 Å². The Morgan fingerprint density at radius 1 is 1.03 bits per heavy atom. The van der Waals surface area contributed by atoms with Crippen molar-refractivity contribution in [3.05, 3.63) is 64.7 Å². The van der Waals surface area contributed by atoms with Crippen molar-refractivity contribution in [1.29, 1.82) is 0 Å². The summed E-state index contributed by atoms with van der Waals surface area (Å²) < 4.78 is 28.9. The lowest BCUT2D eigenvalue weighted by molar-refractivity contribution is -0.116. The first-order valence-corrected chi connectivity index (χ1v) is 11.8. The van der Waals surface area contributed by atoms with Gasteiger partial charge in [-0.3, -0.25) is 4.79 Å². The van der Waals surface area contributed by atoms with Gasteiger partial charge in [0.1, 0.15) is 0 Å². The zero-order chi connectivity index (χ0) is 21.9. The first-order valence-electron chi connectivity index (χ1n) is 10.4. The normalized spacial score (nSPS) is 17.2. The molecule has 1 saturated heterocycles. The zero-order valence-corrected chi connectivity index (χ0v) is 19.0. The highest BCUT2D eigenvalue weighted by Crippen LogP contribution is 2.22. The van der Waals surface area contributed by atoms with Crippen molar-refractivity contribution in [2.75, 3.05) is 25.0 Å². The average Bonchev–Trinajstić information content (AvgIpc) is 2.68. The number of aryl methyl sites for hydroxylation is 2. The summed E-state index contributed by atoms with van der Waals surface area (Å²) in [7, 11) is -3.69. The third-order valence-electron chi connectivity index (χ3n) is 5.50. The molecule has 1 aliphatic heterocycles. The molecule has 162 valence electrons. The van der Waals surface area contributed by atoms with Crippen LogP contribution in [-0.2, 0) is 21.5 Å². The Balaban J connectivity index is 1.67. The number of nitrogens with one attached hydrogen (secondary N) is 1. The fourth-order valence-corrected chi connectivity index (χ4v) is 5.24. The minimum atomic E-state index is -3.69. The molecule has 0 radical (unpaired) electrons. The fourth-order valence-electron chi connectivity index (χ4n) is 3.61. The number of nitrogens with zero attached hydrogens (tertiary/aromatic N) is 2. The average molecular weight is 430 g/mol. The van der Waals surface area contributed by atoms with Gasteiger partial charge in [0.05, 0.1) is 6.54 Å². The van der Waals surface area contributed by atoms with E-state index in [-0.39, 0.29) is 12.5 Å². The highest BCUT2D eigenvalue weighted by atomic mass is 32.2. The van der Waals surface area contributed by atoms with Crippen LogP contribution < -0.4 is 5.32 Å². The summed E-state index contributed by atoms with van der Waals surface area (Å²) in [6, 6.07) is 13.7. The lowest BCUT2D eigenvalue weighted by Gasteiger charge is -2.34. The minimum Gasteiger partial charge on any atom is -0.325 e. The van der Waals surface area contributed by atoms with E-state index in [0.717, 1.165) is 16.7 Å². The molecule has 2 aromatic rings. The molecule has 0 spiro atoms. The van der Waals surface area contributed by atoms with Crippen LogP contribution >= 0.6 is 0 Å². The van der Waals surface area contributed by atoms with Crippen LogP contribution in [-0.4, -0.2) is 42.6 Å². The summed E-state index contributed by atoms with van der Waals surface area (Å²) in [4.78, 5) is 12.5. The van der Waals surface area contributed by atoms with E-state index in [1.54, 1.807) is 0 Å². The minimum absolute atomic E-state index is 0.183. The molecule has 1 aliphatic rings. The van der Waals surface area contributed by atoms with Crippen molar-refractivity contribution in [2.24, 2.45) is 0 Å². The lowest BCUT2D eigenvalue weighted by Crippen LogP contribution is -2.51. The van der Waals surface area contributed by atoms with Crippen molar-refractivity contribution in [3.8, 4) is 0 Å². The molecule has 3 rings (SSSR count). The van der Waals surface area contributed by atoms with E-state index >= 15 is 0 Å². The van der Waals surface area contributed by atoms with Crippen LogP contribution in [0.3, 0.4) is 0 Å². The van der Waals surface area contributed by atoms with Crippen LogP contribution in [0.25, 0.3) is 0 Å². The molecule has 7 heteroatoms. The molecule has 1 N–H and O–H groups in total. The maximum Gasteiger partial charge on any atom is 0.282 e. The Kier molecular flexibility index (Phi) is 6.95. The maximum absolute atomic E-state index is 13.1. The predicted molar refractivity (Wildman–Crippen MR) is 121 cm³/mol. The topological polar surface area (TPSA) is 69.7 Å². The smallest absolute Gasteiger partial charge is 0.282 e. The lowest BCUT2D eigenvalue weighted by atomic mass is 10.0. The van der Waals surface area contributed by atoms with E-state index in [1.807, 2.05) is 56.3 Å². The molecular formula is C23H31N3O3S. The largest absolute Gasteiger partial charge is 0.325 e. The molecule has 1 heterocycles. The van der Waals surface area contributed by atoms with Crippen LogP contribution in [0.1, 0.15) is 48.4 Å². The molecule has 1 amide bonds. The van der Waals surface area contributed by atoms with Gasteiger partial charge in [0.15, 0.2) is 0 Å². The van der Waals surface area contributed by atoms with E-state index in [1.165, 1.54) is 14.2 Å². The summed E-state index contributed by atoms with van der Waals surface area (Å²) in [5.41, 5.74) is 5.02. The van der Waals surface area contributed by atoms with E-state index in [9.17, 15) is 13.2 Å². The van der Waals surface area contributed by atoms with Crippen molar-refractivity contribution < 1.29 is 13.2 Å². The van der Waals surface area contributed by atoms with Crippen molar-refractivity contribution in [2.45, 2.75) is 46.6 Å². The molecule has 1 fully saturated rings. The van der Waals surface area contributed by atoms with Gasteiger partial charge in [0.25, 0.3) is 10.2 Å². The van der Waals surface area contributed by atoms with Crippen LogP contribution in [0, 0.1) is 13.8 Å². The Hall–Kier alpha value is -2.22. The Morgan fingerprint density at radius 3 is 2.37 bits per heavy atom. The number of rotatable bonds is 6. The van der Waals surface area contributed by atoms with Gasteiger partial charge in [-0.05, 0) is 55.0 Å². The number of carbonyl (C=O) groups is 1. The van der Waals surface area contributed by atoms with Gasteiger partial charge in [0.2, 0.25) is 5.91 Å². The van der Waals surface area contributed by atoms with E-state index in [2.05, 4.69) is 19.2 Å². The van der Waals surface area contributed by atoms with E-state index < -0.39 is 10.2 Å². The molecule has 0 aromatic heterocycles. The van der Waals surface area contributed by atoms with Gasteiger partial charge in [-0.25, -0.2) is 0 Å². The van der Waals surface area contributed by atoms with Crippen LogP contribution in [0.2, 0.25) is 0 Å². The predicted octanol–water partition coefficient (Wildman–Crippen LogP) is 3.82. The SMILES string of the molecule is Cc1ccc(C)c(CN2CCCN(CC(=O)Nc3ccc(C(C)C)cc3)S2(=O)=O)c1. The van der Waals surface area contributed by atoms with Crippen molar-refractivity contribution in [3.63, 3.8) is 0 Å². The molecule has 0 atom stereocenters. The van der Waals surface area contributed by atoms with Gasteiger partial charge in [-0.1, -0.05) is 49.7 Å². The second-order valence-corrected chi connectivity index (χ2v) is 10.2. The number of anilines is 1. The first kappa shape index (κ1) is 22.5. The molecular weight excluding hydrogens is 398 g/mol. The molecule has 0 unspecified atom stereocenters. The fraction of sp³-hybridized carbons (Fsp3) is 0.435. The first-order chi connectivity index (χ1) is 14.2. The van der Waals surface area contributed by atoms with Crippen LogP contribution in [0.5, 0.6) is 0 Å². The molecule has 0 saturated carbocycles. The van der Waals surface area contributed by atoms with Gasteiger partial charge in [-0.2, -0.15) is 17.0 Å². The summed E-state index contributed by atoms with van der Waals surface area (Å²) in [5, 5.41) is 2.81. The zero-order valence-electron chi connectivity index (χ0n) is 18.2. The highest BCUT2D eigenvalue weighted by Gasteiger charge is 2.34. The Morgan fingerprint density at radius 2 is 1.70 bits per heavy atom. The van der Waals surface area contributed by atoms with Gasteiger partial charge in [0, 0.05) is 25.3 Å². The van der Waals surface area contributed by atoms with E-state index in [4.69, 9.17) is 0 Å². The number of hydrogen-bond acceptors (Lipinski definition) is 3. The molecule has 0 aliphatic carbocycles. The highest BCUT2D eigenvalue weighted by molar-refractivity contribution is 7.86. The van der Waals surface area contributed by atoms with Crippen LogP contribution in [0.15, 0.2) is 42.5 Å². The summed E-state index contributed by atoms with van der Waals surface area (Å²) in [6.45, 7) is 9.16. The summed E-state index contributed by atoms with van der Waals surface area (Å²) in [5.74, 6) is 0.0840. The summed E-state index contributed by atoms with van der Waals surface area (Å²) >= 11 is 0. The quantitative estimate of drug-likeness (QED) is 0.759. The van der Waals surface area contributed by atoms with Crippen molar-refractivity contribution in [1.82, 2.24) is 8.61 Å². The van der Waals surface area contributed by atoms with Crippen molar-refractivity contribution >= 4 is 21.8 Å². The van der Waals surface area contributed by atoms with Gasteiger partial charge >= 0.3 is 0 Å². The van der Waals surface area contributed by atoms with Crippen LogP contribution in [0.4, 0.5) is 5.69 Å². The number of amides is 1. The monoisotopic (exact) mass is 429 g/mol. The second-order valence-electron chi connectivity index (χ2n) is 8.28. The molecule has 0 bridgehead atoms. The molecule has 6 nitrogen and oxygen atoms in total. The number of benzene rings is 2. The summed E-state index contributed by atoms with van der Waals surface area (Å²) in [6.07, 6.45) is 0.695.